The third-order valence-corrected chi connectivity index (χ3v) is 5.08. The van der Waals surface area contributed by atoms with Crippen LogP contribution in [-0.2, 0) is 16.0 Å². The second-order valence-corrected chi connectivity index (χ2v) is 6.80. The SMILES string of the molecule is Cc1ccccc1N1C(=O)C[C@@H]([NH2+]CCc2c[nH]c3ccccc23)C1=O. The summed E-state index contributed by atoms with van der Waals surface area (Å²) in [5.41, 5.74) is 4.01. The van der Waals surface area contributed by atoms with Crippen molar-refractivity contribution in [2.24, 2.45) is 0 Å². The minimum Gasteiger partial charge on any atom is -0.361 e. The predicted molar refractivity (Wildman–Crippen MR) is 101 cm³/mol. The summed E-state index contributed by atoms with van der Waals surface area (Å²) in [6.45, 7) is 2.69. The van der Waals surface area contributed by atoms with Gasteiger partial charge in [-0.15, -0.1) is 0 Å². The molecule has 2 heterocycles. The largest absolute Gasteiger partial charge is 0.361 e. The van der Waals surface area contributed by atoms with Gasteiger partial charge in [-0.05, 0) is 30.2 Å². The van der Waals surface area contributed by atoms with Gasteiger partial charge in [-0.1, -0.05) is 36.4 Å². The molecule has 0 bridgehead atoms. The molecule has 0 radical (unpaired) electrons. The molecule has 3 aromatic rings. The van der Waals surface area contributed by atoms with Crippen molar-refractivity contribution < 1.29 is 14.9 Å². The molecule has 4 rings (SSSR count). The number of aromatic amines is 1. The van der Waals surface area contributed by atoms with Crippen LogP contribution in [0.15, 0.2) is 54.7 Å². The number of carbonyl (C=O) groups is 2. The van der Waals surface area contributed by atoms with E-state index in [-0.39, 0.29) is 24.3 Å². The monoisotopic (exact) mass is 348 g/mol. The van der Waals surface area contributed by atoms with Crippen molar-refractivity contribution in [3.8, 4) is 0 Å². The van der Waals surface area contributed by atoms with E-state index in [2.05, 4.69) is 17.1 Å². The number of H-pyrrole nitrogens is 1. The Labute approximate surface area is 152 Å². The Kier molecular flexibility index (Phi) is 4.31. The lowest BCUT2D eigenvalue weighted by Gasteiger charge is -2.16. The van der Waals surface area contributed by atoms with Crippen molar-refractivity contribution in [2.75, 3.05) is 11.4 Å². The van der Waals surface area contributed by atoms with E-state index in [1.165, 1.54) is 15.8 Å². The van der Waals surface area contributed by atoms with Gasteiger partial charge in [0.2, 0.25) is 5.91 Å². The number of quaternary nitrogens is 1. The molecule has 0 unspecified atom stereocenters. The fourth-order valence-corrected chi connectivity index (χ4v) is 3.69. The zero-order chi connectivity index (χ0) is 18.1. The van der Waals surface area contributed by atoms with Gasteiger partial charge in [0.15, 0.2) is 6.04 Å². The van der Waals surface area contributed by atoms with Crippen molar-refractivity contribution in [1.82, 2.24) is 4.98 Å². The molecule has 1 aromatic heterocycles. The minimum atomic E-state index is -0.327. The summed E-state index contributed by atoms with van der Waals surface area (Å²) >= 11 is 0. The molecule has 1 atom stereocenters. The van der Waals surface area contributed by atoms with Crippen molar-refractivity contribution in [1.29, 1.82) is 0 Å². The average Bonchev–Trinajstić information content (AvgIpc) is 3.17. The van der Waals surface area contributed by atoms with Gasteiger partial charge < -0.3 is 10.3 Å². The van der Waals surface area contributed by atoms with Crippen LogP contribution in [0.25, 0.3) is 10.9 Å². The second-order valence-electron chi connectivity index (χ2n) is 6.80. The quantitative estimate of drug-likeness (QED) is 0.692. The van der Waals surface area contributed by atoms with Gasteiger partial charge in [0.1, 0.15) is 0 Å². The van der Waals surface area contributed by atoms with E-state index >= 15 is 0 Å². The number of aryl methyl sites for hydroxylation is 1. The third kappa shape index (κ3) is 2.91. The van der Waals surface area contributed by atoms with E-state index in [4.69, 9.17) is 0 Å². The summed E-state index contributed by atoms with van der Waals surface area (Å²) in [4.78, 5) is 29.8. The summed E-state index contributed by atoms with van der Waals surface area (Å²) < 4.78 is 0. The van der Waals surface area contributed by atoms with Crippen LogP contribution in [0.2, 0.25) is 0 Å². The highest BCUT2D eigenvalue weighted by Gasteiger charge is 2.42. The lowest BCUT2D eigenvalue weighted by molar-refractivity contribution is -0.674. The fraction of sp³-hybridized carbons (Fsp3) is 0.238. The Morgan fingerprint density at radius 3 is 2.73 bits per heavy atom. The van der Waals surface area contributed by atoms with Crippen LogP contribution in [0.5, 0.6) is 0 Å². The van der Waals surface area contributed by atoms with Gasteiger partial charge in [0.05, 0.1) is 18.7 Å². The molecule has 1 saturated heterocycles. The number of nitrogens with two attached hydrogens (primary N) is 1. The number of carbonyl (C=O) groups excluding carboxylic acids is 2. The predicted octanol–water partition coefficient (Wildman–Crippen LogP) is 1.91. The Bertz CT molecular complexity index is 976. The maximum absolute atomic E-state index is 12.7. The summed E-state index contributed by atoms with van der Waals surface area (Å²) in [7, 11) is 0. The standard InChI is InChI=1S/C21H21N3O2/c1-14-6-2-5-9-19(14)24-20(25)12-18(21(24)26)22-11-10-15-13-23-17-8-4-3-7-16(15)17/h2-9,13,18,22-23H,10-12H2,1H3/p+1/t18-/m1/s1. The normalized spacial score (nSPS) is 17.4. The number of hydrogen-bond donors (Lipinski definition) is 2. The molecular formula is C21H22N3O2+. The molecule has 5 nitrogen and oxygen atoms in total. The van der Waals surface area contributed by atoms with Crippen molar-refractivity contribution in [3.63, 3.8) is 0 Å². The second kappa shape index (κ2) is 6.77. The molecule has 1 fully saturated rings. The molecule has 0 spiro atoms. The number of fused-ring (bicyclic) bond motifs is 1. The number of para-hydroxylation sites is 2. The van der Waals surface area contributed by atoms with Crippen molar-refractivity contribution >= 4 is 28.4 Å². The molecule has 1 aliphatic rings. The smallest absolute Gasteiger partial charge is 0.292 e. The first-order valence-electron chi connectivity index (χ1n) is 8.96. The fourth-order valence-electron chi connectivity index (χ4n) is 3.69. The molecule has 0 aliphatic carbocycles. The van der Waals surface area contributed by atoms with Gasteiger partial charge in [-0.2, -0.15) is 0 Å². The highest BCUT2D eigenvalue weighted by Crippen LogP contribution is 2.25. The maximum atomic E-state index is 12.7. The lowest BCUT2D eigenvalue weighted by Crippen LogP contribution is -2.92. The van der Waals surface area contributed by atoms with Gasteiger partial charge in [0.25, 0.3) is 5.91 Å². The zero-order valence-corrected chi connectivity index (χ0v) is 14.7. The van der Waals surface area contributed by atoms with Crippen LogP contribution in [0.3, 0.4) is 0 Å². The van der Waals surface area contributed by atoms with Crippen LogP contribution in [-0.4, -0.2) is 29.4 Å². The number of rotatable bonds is 5. The molecule has 2 amide bonds. The highest BCUT2D eigenvalue weighted by atomic mass is 16.2. The molecule has 2 aromatic carbocycles. The van der Waals surface area contributed by atoms with Gasteiger partial charge in [-0.25, -0.2) is 4.90 Å². The summed E-state index contributed by atoms with van der Waals surface area (Å²) in [6.07, 6.45) is 3.15. The van der Waals surface area contributed by atoms with E-state index in [0.29, 0.717) is 5.69 Å². The number of nitrogens with one attached hydrogen (secondary N) is 1. The molecule has 5 heteroatoms. The van der Waals surface area contributed by atoms with E-state index in [1.54, 1.807) is 0 Å². The topological polar surface area (TPSA) is 69.8 Å². The zero-order valence-electron chi connectivity index (χ0n) is 14.7. The highest BCUT2D eigenvalue weighted by molar-refractivity contribution is 6.22. The number of imide groups is 1. The number of hydrogen-bond acceptors (Lipinski definition) is 2. The number of nitrogens with zero attached hydrogens (tertiary/aromatic N) is 1. The average molecular weight is 348 g/mol. The number of amides is 2. The Balaban J connectivity index is 1.42. The first-order chi connectivity index (χ1) is 12.6. The van der Waals surface area contributed by atoms with E-state index in [9.17, 15) is 9.59 Å². The summed E-state index contributed by atoms with van der Waals surface area (Å²) in [6, 6.07) is 15.4. The summed E-state index contributed by atoms with van der Waals surface area (Å²) in [5.74, 6) is -0.221. The Morgan fingerprint density at radius 2 is 1.88 bits per heavy atom. The third-order valence-electron chi connectivity index (χ3n) is 5.08. The van der Waals surface area contributed by atoms with Crippen molar-refractivity contribution in [3.05, 3.63) is 65.9 Å². The minimum absolute atomic E-state index is 0.108. The van der Waals surface area contributed by atoms with E-state index in [0.717, 1.165) is 24.0 Å². The van der Waals surface area contributed by atoms with Crippen LogP contribution in [0.4, 0.5) is 5.69 Å². The van der Waals surface area contributed by atoms with Crippen LogP contribution in [0.1, 0.15) is 17.5 Å². The first-order valence-corrected chi connectivity index (χ1v) is 8.96. The molecule has 132 valence electrons. The number of aromatic nitrogens is 1. The van der Waals surface area contributed by atoms with E-state index in [1.807, 2.05) is 54.8 Å². The molecule has 26 heavy (non-hydrogen) atoms. The lowest BCUT2D eigenvalue weighted by atomic mass is 10.1. The van der Waals surface area contributed by atoms with Gasteiger partial charge in [-0.3, -0.25) is 9.59 Å². The Hall–Kier alpha value is -2.92. The van der Waals surface area contributed by atoms with Gasteiger partial charge in [0, 0.05) is 23.5 Å². The first kappa shape index (κ1) is 16.5. The molecule has 1 aliphatic heterocycles. The Morgan fingerprint density at radius 1 is 1.12 bits per heavy atom. The van der Waals surface area contributed by atoms with Crippen LogP contribution >= 0.6 is 0 Å². The van der Waals surface area contributed by atoms with Crippen molar-refractivity contribution in [2.45, 2.75) is 25.8 Å². The number of anilines is 1. The van der Waals surface area contributed by atoms with E-state index < -0.39 is 0 Å². The number of benzene rings is 2. The molecule has 0 saturated carbocycles. The van der Waals surface area contributed by atoms with Gasteiger partial charge >= 0.3 is 0 Å². The van der Waals surface area contributed by atoms with Crippen LogP contribution in [0, 0.1) is 6.92 Å². The summed E-state index contributed by atoms with van der Waals surface area (Å²) in [5, 5.41) is 3.22. The molecule has 3 N–H and O–H groups in total. The molecular weight excluding hydrogens is 326 g/mol. The maximum Gasteiger partial charge on any atom is 0.292 e. The van der Waals surface area contributed by atoms with Crippen LogP contribution < -0.4 is 10.2 Å².